The van der Waals surface area contributed by atoms with E-state index in [2.05, 4.69) is 26.1 Å². The fourth-order valence-electron chi connectivity index (χ4n) is 2.48. The summed E-state index contributed by atoms with van der Waals surface area (Å²) in [6.07, 6.45) is 0. The number of carbonyl (C=O) groups is 3. The van der Waals surface area contributed by atoms with E-state index in [1.54, 1.807) is 36.4 Å². The number of ether oxygens (including phenoxy) is 1. The molecule has 1 unspecified atom stereocenters. The monoisotopic (exact) mass is 401 g/mol. The molecule has 2 aromatic carbocycles. The molecule has 0 aliphatic heterocycles. The molecule has 28 heavy (non-hydrogen) atoms. The molecule has 1 N–H and O–H groups in total. The molecule has 148 valence electrons. The van der Waals surface area contributed by atoms with Crippen LogP contribution in [0, 0.1) is 0 Å². The van der Waals surface area contributed by atoms with Crippen LogP contribution in [0.5, 0.6) is 0 Å². The molecule has 2 aromatic rings. The summed E-state index contributed by atoms with van der Waals surface area (Å²) >= 11 is 5.97. The van der Waals surface area contributed by atoms with E-state index in [1.807, 2.05) is 12.1 Å². The lowest BCUT2D eigenvalue weighted by Gasteiger charge is -2.19. The maximum Gasteiger partial charge on any atom is 0.328 e. The van der Waals surface area contributed by atoms with Crippen LogP contribution in [0.1, 0.15) is 54.0 Å². The van der Waals surface area contributed by atoms with Gasteiger partial charge in [-0.1, -0.05) is 68.8 Å². The van der Waals surface area contributed by atoms with Crippen LogP contribution in [0.25, 0.3) is 0 Å². The summed E-state index contributed by atoms with van der Waals surface area (Å²) in [4.78, 5) is 36.5. The van der Waals surface area contributed by atoms with Gasteiger partial charge in [0.2, 0.25) is 0 Å². The summed E-state index contributed by atoms with van der Waals surface area (Å²) in [6, 6.07) is 12.8. The number of ketones is 1. The number of nitrogens with one attached hydrogen (secondary N) is 1. The Kier molecular flexibility index (Phi) is 6.97. The van der Waals surface area contributed by atoms with Crippen molar-refractivity contribution in [2.45, 2.75) is 39.2 Å². The van der Waals surface area contributed by atoms with Gasteiger partial charge in [-0.2, -0.15) is 0 Å². The van der Waals surface area contributed by atoms with Crippen LogP contribution < -0.4 is 5.32 Å². The first kappa shape index (κ1) is 21.6. The molecule has 0 saturated carbocycles. The maximum absolute atomic E-state index is 12.2. The van der Waals surface area contributed by atoms with Crippen molar-refractivity contribution in [3.05, 3.63) is 70.2 Å². The minimum absolute atomic E-state index is 0.0106. The number of rotatable bonds is 6. The fraction of sp³-hybridized carbons (Fsp3) is 0.318. The van der Waals surface area contributed by atoms with Gasteiger partial charge in [-0.15, -0.1) is 0 Å². The molecular weight excluding hydrogens is 378 g/mol. The number of Topliss-reactive ketones (excluding diaryl/α,β-unsaturated/α-hetero) is 1. The van der Waals surface area contributed by atoms with Gasteiger partial charge in [0.1, 0.15) is 6.04 Å². The van der Waals surface area contributed by atoms with Crippen molar-refractivity contribution < 1.29 is 19.1 Å². The highest BCUT2D eigenvalue weighted by Crippen LogP contribution is 2.22. The Hall–Kier alpha value is -2.66. The standard InChI is InChI=1S/C22H24ClNO4/c1-14(24-20(26)17-7-5-6-8-18(17)23)21(27)28-13-19(25)15-9-11-16(12-10-15)22(2,3)4/h5-12,14H,13H2,1-4H3,(H,24,26). The number of amides is 1. The number of esters is 1. The van der Waals surface area contributed by atoms with E-state index in [9.17, 15) is 14.4 Å². The minimum atomic E-state index is -0.917. The molecule has 1 amide bonds. The van der Waals surface area contributed by atoms with Crippen LogP contribution in [0.4, 0.5) is 0 Å². The Bertz CT molecular complexity index is 869. The Morgan fingerprint density at radius 3 is 2.21 bits per heavy atom. The number of benzene rings is 2. The van der Waals surface area contributed by atoms with Gasteiger partial charge >= 0.3 is 5.97 Å². The summed E-state index contributed by atoms with van der Waals surface area (Å²) in [5.74, 6) is -1.49. The van der Waals surface area contributed by atoms with Crippen molar-refractivity contribution >= 4 is 29.3 Å². The van der Waals surface area contributed by atoms with Crippen molar-refractivity contribution in [3.63, 3.8) is 0 Å². The SMILES string of the molecule is CC(NC(=O)c1ccccc1Cl)C(=O)OCC(=O)c1ccc(C(C)(C)C)cc1. The average molecular weight is 402 g/mol. The third kappa shape index (κ3) is 5.67. The van der Waals surface area contributed by atoms with Crippen LogP contribution in [0.3, 0.4) is 0 Å². The minimum Gasteiger partial charge on any atom is -0.456 e. The van der Waals surface area contributed by atoms with E-state index in [0.717, 1.165) is 5.56 Å². The van der Waals surface area contributed by atoms with E-state index in [-0.39, 0.29) is 28.4 Å². The van der Waals surface area contributed by atoms with Gasteiger partial charge in [0.15, 0.2) is 12.4 Å². The normalized spacial score (nSPS) is 12.2. The molecule has 0 saturated heterocycles. The Morgan fingerprint density at radius 2 is 1.64 bits per heavy atom. The topological polar surface area (TPSA) is 72.5 Å². The number of hydrogen-bond acceptors (Lipinski definition) is 4. The van der Waals surface area contributed by atoms with E-state index < -0.39 is 17.9 Å². The summed E-state index contributed by atoms with van der Waals surface area (Å²) in [5.41, 5.74) is 1.83. The van der Waals surface area contributed by atoms with Gasteiger partial charge < -0.3 is 10.1 Å². The first-order valence-corrected chi connectivity index (χ1v) is 9.33. The van der Waals surface area contributed by atoms with Crippen LogP contribution in [-0.4, -0.2) is 30.3 Å². The van der Waals surface area contributed by atoms with Crippen molar-refractivity contribution in [2.75, 3.05) is 6.61 Å². The van der Waals surface area contributed by atoms with Crippen LogP contribution in [0.15, 0.2) is 48.5 Å². The predicted molar refractivity (Wildman–Crippen MR) is 109 cm³/mol. The Balaban J connectivity index is 1.89. The zero-order chi connectivity index (χ0) is 20.9. The van der Waals surface area contributed by atoms with Gasteiger partial charge in [0.05, 0.1) is 10.6 Å². The third-order valence-corrected chi connectivity index (χ3v) is 4.57. The lowest BCUT2D eigenvalue weighted by atomic mass is 9.86. The molecule has 6 heteroatoms. The first-order chi connectivity index (χ1) is 13.1. The molecule has 5 nitrogen and oxygen atoms in total. The van der Waals surface area contributed by atoms with E-state index >= 15 is 0 Å². The summed E-state index contributed by atoms with van der Waals surface area (Å²) in [5, 5.41) is 2.80. The van der Waals surface area contributed by atoms with Crippen LogP contribution in [-0.2, 0) is 14.9 Å². The Morgan fingerprint density at radius 1 is 1.04 bits per heavy atom. The molecule has 0 spiro atoms. The van der Waals surface area contributed by atoms with Gasteiger partial charge in [-0.25, -0.2) is 4.79 Å². The van der Waals surface area contributed by atoms with E-state index in [1.165, 1.54) is 6.92 Å². The second-order valence-electron chi connectivity index (χ2n) is 7.53. The lowest BCUT2D eigenvalue weighted by molar-refractivity contribution is -0.144. The number of carbonyl (C=O) groups excluding carboxylic acids is 3. The largest absolute Gasteiger partial charge is 0.456 e. The highest BCUT2D eigenvalue weighted by molar-refractivity contribution is 6.33. The zero-order valence-corrected chi connectivity index (χ0v) is 17.2. The van der Waals surface area contributed by atoms with Crippen molar-refractivity contribution in [1.82, 2.24) is 5.32 Å². The molecular formula is C22H24ClNO4. The smallest absolute Gasteiger partial charge is 0.328 e. The van der Waals surface area contributed by atoms with E-state index in [0.29, 0.717) is 5.56 Å². The highest BCUT2D eigenvalue weighted by Gasteiger charge is 2.21. The number of hydrogen-bond donors (Lipinski definition) is 1. The molecule has 0 aromatic heterocycles. The molecule has 1 atom stereocenters. The second kappa shape index (κ2) is 9.02. The molecule has 0 radical (unpaired) electrons. The molecule has 0 bridgehead atoms. The third-order valence-electron chi connectivity index (χ3n) is 4.24. The van der Waals surface area contributed by atoms with Crippen LogP contribution in [0.2, 0.25) is 5.02 Å². The molecule has 2 rings (SSSR count). The van der Waals surface area contributed by atoms with Gasteiger partial charge in [-0.3, -0.25) is 9.59 Å². The highest BCUT2D eigenvalue weighted by atomic mass is 35.5. The molecule has 0 aliphatic carbocycles. The average Bonchev–Trinajstić information content (AvgIpc) is 2.65. The predicted octanol–water partition coefficient (Wildman–Crippen LogP) is 4.18. The van der Waals surface area contributed by atoms with Gasteiger partial charge in [-0.05, 0) is 30.0 Å². The maximum atomic E-state index is 12.2. The summed E-state index contributed by atoms with van der Waals surface area (Å²) < 4.78 is 5.05. The van der Waals surface area contributed by atoms with E-state index in [4.69, 9.17) is 16.3 Å². The number of halogens is 1. The summed E-state index contributed by atoms with van der Waals surface area (Å²) in [6.45, 7) is 7.36. The fourth-order valence-corrected chi connectivity index (χ4v) is 2.70. The van der Waals surface area contributed by atoms with Crippen molar-refractivity contribution in [3.8, 4) is 0 Å². The quantitative estimate of drug-likeness (QED) is 0.582. The molecule has 0 heterocycles. The van der Waals surface area contributed by atoms with Crippen molar-refractivity contribution in [1.29, 1.82) is 0 Å². The molecule has 0 fully saturated rings. The van der Waals surface area contributed by atoms with Crippen LogP contribution >= 0.6 is 11.6 Å². The Labute approximate surface area is 170 Å². The summed E-state index contributed by atoms with van der Waals surface area (Å²) in [7, 11) is 0. The van der Waals surface area contributed by atoms with Crippen molar-refractivity contribution in [2.24, 2.45) is 0 Å². The van der Waals surface area contributed by atoms with Gasteiger partial charge in [0.25, 0.3) is 5.91 Å². The first-order valence-electron chi connectivity index (χ1n) is 8.95. The van der Waals surface area contributed by atoms with Gasteiger partial charge in [0, 0.05) is 5.56 Å². The molecule has 0 aliphatic rings. The zero-order valence-electron chi connectivity index (χ0n) is 16.4. The second-order valence-corrected chi connectivity index (χ2v) is 7.94. The lowest BCUT2D eigenvalue weighted by Crippen LogP contribution is -2.40.